The number of esters is 1. The van der Waals surface area contributed by atoms with Gasteiger partial charge in [0.1, 0.15) is 5.75 Å². The topological polar surface area (TPSA) is 64.6 Å². The number of nitrogens with one attached hydrogen (secondary N) is 1. The summed E-state index contributed by atoms with van der Waals surface area (Å²) in [6, 6.07) is 5.41. The van der Waals surface area contributed by atoms with Crippen molar-refractivity contribution in [3.8, 4) is 5.75 Å². The number of anilines is 1. The minimum absolute atomic E-state index is 0.000617. The highest BCUT2D eigenvalue weighted by molar-refractivity contribution is 5.94. The van der Waals surface area contributed by atoms with Crippen molar-refractivity contribution >= 4 is 17.6 Å². The molecule has 1 heterocycles. The summed E-state index contributed by atoms with van der Waals surface area (Å²) >= 11 is 0. The number of carbonyl (C=O) groups is 2. The number of fused-ring (bicyclic) bond motifs is 1. The summed E-state index contributed by atoms with van der Waals surface area (Å²) in [5.74, 6) is 0.103. The number of rotatable bonds is 3. The van der Waals surface area contributed by atoms with Gasteiger partial charge in [-0.1, -0.05) is 6.07 Å². The molecule has 0 bridgehead atoms. The van der Waals surface area contributed by atoms with E-state index < -0.39 is 12.1 Å². The van der Waals surface area contributed by atoms with Gasteiger partial charge in [-0.2, -0.15) is 0 Å². The summed E-state index contributed by atoms with van der Waals surface area (Å²) in [4.78, 5) is 22.5. The van der Waals surface area contributed by atoms with Crippen LogP contribution in [0.3, 0.4) is 0 Å². The zero-order valence-corrected chi connectivity index (χ0v) is 10.4. The molecular weight excluding hydrogens is 234 g/mol. The van der Waals surface area contributed by atoms with Crippen LogP contribution in [0.5, 0.6) is 5.75 Å². The molecule has 1 aromatic carbocycles. The van der Waals surface area contributed by atoms with E-state index in [1.807, 2.05) is 6.07 Å². The second kappa shape index (κ2) is 5.08. The van der Waals surface area contributed by atoms with E-state index in [1.54, 1.807) is 19.1 Å². The maximum Gasteiger partial charge on any atom is 0.346 e. The van der Waals surface area contributed by atoms with Gasteiger partial charge in [-0.3, -0.25) is 4.79 Å². The molecule has 0 fully saturated rings. The zero-order valence-electron chi connectivity index (χ0n) is 10.4. The molecule has 0 spiro atoms. The first-order chi connectivity index (χ1) is 8.60. The number of methoxy groups -OCH3 is 1. The van der Waals surface area contributed by atoms with E-state index >= 15 is 0 Å². The lowest BCUT2D eigenvalue weighted by atomic mass is 10.0. The number of hydrogen-bond donors (Lipinski definition) is 1. The molecule has 0 aliphatic carbocycles. The molecule has 0 radical (unpaired) electrons. The third kappa shape index (κ3) is 2.61. The van der Waals surface area contributed by atoms with Gasteiger partial charge in [0, 0.05) is 18.2 Å². The molecule has 1 aliphatic rings. The van der Waals surface area contributed by atoms with E-state index in [0.29, 0.717) is 12.2 Å². The Hall–Kier alpha value is -2.04. The Morgan fingerprint density at radius 3 is 2.89 bits per heavy atom. The molecule has 2 rings (SSSR count). The zero-order chi connectivity index (χ0) is 13.1. The molecule has 1 atom stereocenters. The van der Waals surface area contributed by atoms with Crippen molar-refractivity contribution in [1.29, 1.82) is 0 Å². The Kier molecular flexibility index (Phi) is 3.50. The van der Waals surface area contributed by atoms with E-state index in [0.717, 1.165) is 17.7 Å². The van der Waals surface area contributed by atoms with Crippen molar-refractivity contribution in [1.82, 2.24) is 0 Å². The van der Waals surface area contributed by atoms with Crippen LogP contribution in [0.2, 0.25) is 0 Å². The van der Waals surface area contributed by atoms with Gasteiger partial charge in [0.05, 0.1) is 7.11 Å². The lowest BCUT2D eigenvalue weighted by molar-refractivity contribution is -0.147. The number of aryl methyl sites for hydroxylation is 1. The van der Waals surface area contributed by atoms with Gasteiger partial charge >= 0.3 is 5.97 Å². The molecule has 96 valence electrons. The van der Waals surface area contributed by atoms with Gasteiger partial charge in [0.2, 0.25) is 5.91 Å². The number of ether oxygens (including phenoxy) is 2. The van der Waals surface area contributed by atoms with Gasteiger partial charge in [-0.25, -0.2) is 4.79 Å². The normalized spacial score (nSPS) is 15.3. The van der Waals surface area contributed by atoms with Crippen LogP contribution in [0.1, 0.15) is 18.9 Å². The molecule has 18 heavy (non-hydrogen) atoms. The van der Waals surface area contributed by atoms with Crippen LogP contribution in [0, 0.1) is 0 Å². The number of hydrogen-bond acceptors (Lipinski definition) is 4. The summed E-state index contributed by atoms with van der Waals surface area (Å²) in [6.07, 6.45) is 0.562. The predicted octanol–water partition coefficient (Wildman–Crippen LogP) is 1.51. The standard InChI is InChI=1S/C13H15NO4/c1-8(13(16)17-2)18-10-5-3-9-4-6-12(15)14-11(9)7-10/h3,5,7-8H,4,6H2,1-2H3,(H,14,15)/t8-/m1/s1. The van der Waals surface area contributed by atoms with E-state index in [4.69, 9.17) is 4.74 Å². The molecule has 0 saturated heterocycles. The summed E-state index contributed by atoms with van der Waals surface area (Å²) < 4.78 is 10.0. The largest absolute Gasteiger partial charge is 0.479 e. The van der Waals surface area contributed by atoms with Crippen molar-refractivity contribution in [2.24, 2.45) is 0 Å². The average molecular weight is 249 g/mol. The summed E-state index contributed by atoms with van der Waals surface area (Å²) in [6.45, 7) is 1.61. The highest BCUT2D eigenvalue weighted by atomic mass is 16.6. The van der Waals surface area contributed by atoms with Crippen LogP contribution in [0.25, 0.3) is 0 Å². The minimum atomic E-state index is -0.674. The van der Waals surface area contributed by atoms with Crippen LogP contribution < -0.4 is 10.1 Å². The fourth-order valence-corrected chi connectivity index (χ4v) is 1.84. The van der Waals surface area contributed by atoms with Gasteiger partial charge in [0.15, 0.2) is 6.10 Å². The van der Waals surface area contributed by atoms with Crippen molar-refractivity contribution < 1.29 is 19.1 Å². The Bertz CT molecular complexity index is 484. The average Bonchev–Trinajstić information content (AvgIpc) is 2.37. The third-order valence-corrected chi connectivity index (χ3v) is 2.82. The van der Waals surface area contributed by atoms with Crippen LogP contribution in [-0.2, 0) is 20.7 Å². The maximum atomic E-state index is 11.3. The first kappa shape index (κ1) is 12.4. The molecule has 1 N–H and O–H groups in total. The Labute approximate surface area is 105 Å². The lowest BCUT2D eigenvalue weighted by Gasteiger charge is -2.19. The van der Waals surface area contributed by atoms with Gasteiger partial charge in [0.25, 0.3) is 0 Å². The SMILES string of the molecule is COC(=O)[C@@H](C)Oc1ccc2c(c1)NC(=O)CC2. The lowest BCUT2D eigenvalue weighted by Crippen LogP contribution is -2.25. The first-order valence-corrected chi connectivity index (χ1v) is 5.77. The van der Waals surface area contributed by atoms with E-state index in [9.17, 15) is 9.59 Å². The molecule has 1 aliphatic heterocycles. The number of benzene rings is 1. The third-order valence-electron chi connectivity index (χ3n) is 2.82. The van der Waals surface area contributed by atoms with E-state index in [-0.39, 0.29) is 5.91 Å². The smallest absolute Gasteiger partial charge is 0.346 e. The van der Waals surface area contributed by atoms with Crippen molar-refractivity contribution in [3.63, 3.8) is 0 Å². The fraction of sp³-hybridized carbons (Fsp3) is 0.385. The molecule has 0 saturated carbocycles. The van der Waals surface area contributed by atoms with Crippen LogP contribution >= 0.6 is 0 Å². The minimum Gasteiger partial charge on any atom is -0.479 e. The number of amides is 1. The first-order valence-electron chi connectivity index (χ1n) is 5.77. The predicted molar refractivity (Wildman–Crippen MR) is 65.5 cm³/mol. The quantitative estimate of drug-likeness (QED) is 0.825. The summed E-state index contributed by atoms with van der Waals surface area (Å²) in [7, 11) is 1.31. The Morgan fingerprint density at radius 1 is 1.39 bits per heavy atom. The van der Waals surface area contributed by atoms with E-state index in [2.05, 4.69) is 10.1 Å². The second-order valence-corrected chi connectivity index (χ2v) is 4.15. The van der Waals surface area contributed by atoms with E-state index in [1.165, 1.54) is 7.11 Å². The molecule has 5 heteroatoms. The van der Waals surface area contributed by atoms with Gasteiger partial charge in [-0.05, 0) is 25.0 Å². The van der Waals surface area contributed by atoms with Gasteiger partial charge in [-0.15, -0.1) is 0 Å². The molecule has 0 unspecified atom stereocenters. The Balaban J connectivity index is 2.13. The molecule has 0 aromatic heterocycles. The summed E-state index contributed by atoms with van der Waals surface area (Å²) in [5.41, 5.74) is 1.83. The van der Waals surface area contributed by atoms with Gasteiger partial charge < -0.3 is 14.8 Å². The maximum absolute atomic E-state index is 11.3. The molecule has 5 nitrogen and oxygen atoms in total. The van der Waals surface area contributed by atoms with Crippen LogP contribution in [0.4, 0.5) is 5.69 Å². The number of carbonyl (C=O) groups excluding carboxylic acids is 2. The summed E-state index contributed by atoms with van der Waals surface area (Å²) in [5, 5.41) is 2.78. The van der Waals surface area contributed by atoms with Crippen LogP contribution in [-0.4, -0.2) is 25.1 Å². The monoisotopic (exact) mass is 249 g/mol. The highest BCUT2D eigenvalue weighted by Gasteiger charge is 2.18. The second-order valence-electron chi connectivity index (χ2n) is 4.15. The van der Waals surface area contributed by atoms with Crippen LogP contribution in [0.15, 0.2) is 18.2 Å². The molecule has 1 amide bonds. The fourth-order valence-electron chi connectivity index (χ4n) is 1.84. The molecular formula is C13H15NO4. The van der Waals surface area contributed by atoms with Crippen molar-refractivity contribution in [3.05, 3.63) is 23.8 Å². The Morgan fingerprint density at radius 2 is 2.17 bits per heavy atom. The van der Waals surface area contributed by atoms with Crippen molar-refractivity contribution in [2.45, 2.75) is 25.9 Å². The highest BCUT2D eigenvalue weighted by Crippen LogP contribution is 2.27. The van der Waals surface area contributed by atoms with Crippen molar-refractivity contribution in [2.75, 3.05) is 12.4 Å². The molecule has 1 aromatic rings.